The molecule has 1 atom stereocenters. The number of aliphatic hydroxyl groups is 1. The molecule has 78 valence electrons. The van der Waals surface area contributed by atoms with Crippen LogP contribution in [0.4, 0.5) is 13.2 Å². The molecule has 1 aromatic rings. The highest BCUT2D eigenvalue weighted by Gasteiger charge is 2.40. The average Bonchev–Trinajstić information content (AvgIpc) is 2.01. The number of rotatable bonds is 1. The van der Waals surface area contributed by atoms with E-state index in [4.69, 9.17) is 10.2 Å². The van der Waals surface area contributed by atoms with Crippen LogP contribution in [0, 0.1) is 6.92 Å². The predicted molar refractivity (Wildman–Crippen MR) is 43.9 cm³/mol. The first-order valence-electron chi connectivity index (χ1n) is 3.86. The van der Waals surface area contributed by atoms with Crippen molar-refractivity contribution in [2.75, 3.05) is 0 Å². The van der Waals surface area contributed by atoms with Crippen LogP contribution < -0.4 is 0 Å². The maximum absolute atomic E-state index is 12.1. The Kier molecular flexibility index (Phi) is 2.71. The molecule has 1 rings (SSSR count). The third-order valence-corrected chi connectivity index (χ3v) is 1.79. The number of phenols is 1. The third-order valence-electron chi connectivity index (χ3n) is 1.79. The van der Waals surface area contributed by atoms with Crippen LogP contribution in [0.5, 0.6) is 5.75 Å². The molecule has 0 saturated carbocycles. The zero-order valence-corrected chi connectivity index (χ0v) is 7.34. The van der Waals surface area contributed by atoms with E-state index >= 15 is 0 Å². The van der Waals surface area contributed by atoms with Gasteiger partial charge >= 0.3 is 6.18 Å². The van der Waals surface area contributed by atoms with Crippen LogP contribution in [-0.4, -0.2) is 16.4 Å². The van der Waals surface area contributed by atoms with Gasteiger partial charge in [0.05, 0.1) is 0 Å². The molecule has 0 amide bonds. The van der Waals surface area contributed by atoms with Gasteiger partial charge in [0.15, 0.2) is 6.10 Å². The lowest BCUT2D eigenvalue weighted by molar-refractivity contribution is -0.207. The van der Waals surface area contributed by atoms with E-state index in [-0.39, 0.29) is 0 Å². The maximum atomic E-state index is 12.1. The molecular weight excluding hydrogens is 197 g/mol. The number of aliphatic hydroxyl groups excluding tert-OH is 1. The Bertz CT molecular complexity index is 333. The number of phenolic OH excluding ortho intramolecular Hbond substituents is 1. The van der Waals surface area contributed by atoms with Crippen molar-refractivity contribution in [1.29, 1.82) is 0 Å². The fourth-order valence-corrected chi connectivity index (χ4v) is 1.06. The van der Waals surface area contributed by atoms with Crippen LogP contribution in [0.3, 0.4) is 0 Å². The monoisotopic (exact) mass is 206 g/mol. The summed E-state index contributed by atoms with van der Waals surface area (Å²) in [5, 5.41) is 18.0. The summed E-state index contributed by atoms with van der Waals surface area (Å²) in [6, 6.07) is 3.62. The average molecular weight is 206 g/mol. The Morgan fingerprint density at radius 2 is 1.86 bits per heavy atom. The van der Waals surface area contributed by atoms with Crippen molar-refractivity contribution < 1.29 is 23.4 Å². The smallest absolute Gasteiger partial charge is 0.418 e. The number of hydrogen-bond donors (Lipinski definition) is 2. The first-order valence-corrected chi connectivity index (χ1v) is 3.86. The summed E-state index contributed by atoms with van der Waals surface area (Å²) >= 11 is 0. The molecule has 1 aromatic carbocycles. The number of alkyl halides is 3. The zero-order chi connectivity index (χ0) is 10.9. The van der Waals surface area contributed by atoms with E-state index in [0.29, 0.717) is 5.56 Å². The summed E-state index contributed by atoms with van der Waals surface area (Å²) < 4.78 is 36.2. The Labute approximate surface area is 78.6 Å². The SMILES string of the molecule is Cc1ccc([C@@H](O)C(F)(F)F)c(O)c1. The Balaban J connectivity index is 3.08. The van der Waals surface area contributed by atoms with Gasteiger partial charge in [-0.3, -0.25) is 0 Å². The van der Waals surface area contributed by atoms with Gasteiger partial charge in [0, 0.05) is 5.56 Å². The van der Waals surface area contributed by atoms with Gasteiger partial charge in [0.25, 0.3) is 0 Å². The van der Waals surface area contributed by atoms with Gasteiger partial charge in [-0.2, -0.15) is 13.2 Å². The van der Waals surface area contributed by atoms with Crippen molar-refractivity contribution in [3.63, 3.8) is 0 Å². The predicted octanol–water partition coefficient (Wildman–Crippen LogP) is 2.30. The van der Waals surface area contributed by atoms with E-state index in [1.807, 2.05) is 0 Å². The van der Waals surface area contributed by atoms with E-state index in [9.17, 15) is 13.2 Å². The molecule has 0 aliphatic rings. The molecule has 2 N–H and O–H groups in total. The fraction of sp³-hybridized carbons (Fsp3) is 0.333. The Hall–Kier alpha value is -1.23. The van der Waals surface area contributed by atoms with Crippen LogP contribution in [-0.2, 0) is 0 Å². The topological polar surface area (TPSA) is 40.5 Å². The van der Waals surface area contributed by atoms with Crippen molar-refractivity contribution in [2.24, 2.45) is 0 Å². The molecule has 0 unspecified atom stereocenters. The van der Waals surface area contributed by atoms with Gasteiger partial charge in [-0.05, 0) is 18.6 Å². The van der Waals surface area contributed by atoms with Gasteiger partial charge in [0.1, 0.15) is 5.75 Å². The van der Waals surface area contributed by atoms with Crippen molar-refractivity contribution >= 4 is 0 Å². The van der Waals surface area contributed by atoms with Crippen LogP contribution >= 0.6 is 0 Å². The highest BCUT2D eigenvalue weighted by molar-refractivity contribution is 5.37. The van der Waals surface area contributed by atoms with Crippen LogP contribution in [0.2, 0.25) is 0 Å². The molecule has 14 heavy (non-hydrogen) atoms. The Morgan fingerprint density at radius 1 is 1.29 bits per heavy atom. The van der Waals surface area contributed by atoms with Crippen molar-refractivity contribution in [3.05, 3.63) is 29.3 Å². The second kappa shape index (κ2) is 3.49. The molecule has 0 heterocycles. The summed E-state index contributed by atoms with van der Waals surface area (Å²) in [7, 11) is 0. The first-order chi connectivity index (χ1) is 6.32. The van der Waals surface area contributed by atoms with E-state index < -0.39 is 23.6 Å². The molecular formula is C9H9F3O2. The molecule has 0 spiro atoms. The number of benzene rings is 1. The normalized spacial score (nSPS) is 14.1. The highest BCUT2D eigenvalue weighted by Crippen LogP contribution is 2.36. The van der Waals surface area contributed by atoms with E-state index in [1.54, 1.807) is 6.92 Å². The van der Waals surface area contributed by atoms with Crippen molar-refractivity contribution in [3.8, 4) is 5.75 Å². The van der Waals surface area contributed by atoms with Crippen molar-refractivity contribution in [1.82, 2.24) is 0 Å². The van der Waals surface area contributed by atoms with Crippen LogP contribution in [0.15, 0.2) is 18.2 Å². The molecule has 0 bridgehead atoms. The summed E-state index contributed by atoms with van der Waals surface area (Å²) in [5.41, 5.74) is 0.101. The lowest BCUT2D eigenvalue weighted by Gasteiger charge is -2.16. The molecule has 0 aliphatic heterocycles. The second-order valence-corrected chi connectivity index (χ2v) is 3.01. The minimum absolute atomic E-state index is 0.525. The number of aryl methyl sites for hydroxylation is 1. The number of hydrogen-bond acceptors (Lipinski definition) is 2. The van der Waals surface area contributed by atoms with E-state index in [2.05, 4.69) is 0 Å². The molecule has 0 radical (unpaired) electrons. The van der Waals surface area contributed by atoms with E-state index in [0.717, 1.165) is 6.07 Å². The molecule has 5 heteroatoms. The minimum Gasteiger partial charge on any atom is -0.508 e. The summed E-state index contributed by atoms with van der Waals surface area (Å²) in [4.78, 5) is 0. The summed E-state index contributed by atoms with van der Waals surface area (Å²) in [5.74, 6) is -0.546. The first kappa shape index (κ1) is 10.8. The van der Waals surface area contributed by atoms with Crippen molar-refractivity contribution in [2.45, 2.75) is 19.2 Å². The van der Waals surface area contributed by atoms with Crippen LogP contribution in [0.25, 0.3) is 0 Å². The van der Waals surface area contributed by atoms with Gasteiger partial charge < -0.3 is 10.2 Å². The van der Waals surface area contributed by atoms with Gasteiger partial charge in [0.2, 0.25) is 0 Å². The number of halogens is 3. The molecule has 0 aliphatic carbocycles. The quantitative estimate of drug-likeness (QED) is 0.740. The molecule has 0 fully saturated rings. The molecule has 0 saturated heterocycles. The summed E-state index contributed by atoms with van der Waals surface area (Å²) in [6.07, 6.45) is -7.39. The zero-order valence-electron chi connectivity index (χ0n) is 7.34. The third kappa shape index (κ3) is 2.17. The highest BCUT2D eigenvalue weighted by atomic mass is 19.4. The molecule has 0 aromatic heterocycles. The second-order valence-electron chi connectivity index (χ2n) is 3.01. The van der Waals surface area contributed by atoms with Gasteiger partial charge in [-0.1, -0.05) is 12.1 Å². The van der Waals surface area contributed by atoms with Gasteiger partial charge in [-0.25, -0.2) is 0 Å². The fourth-order valence-electron chi connectivity index (χ4n) is 1.06. The lowest BCUT2D eigenvalue weighted by atomic mass is 10.1. The molecule has 2 nitrogen and oxygen atoms in total. The van der Waals surface area contributed by atoms with Crippen LogP contribution in [0.1, 0.15) is 17.2 Å². The minimum atomic E-state index is -4.76. The van der Waals surface area contributed by atoms with E-state index in [1.165, 1.54) is 12.1 Å². The maximum Gasteiger partial charge on any atom is 0.418 e. The van der Waals surface area contributed by atoms with Gasteiger partial charge in [-0.15, -0.1) is 0 Å². The standard InChI is InChI=1S/C9H9F3O2/c1-5-2-3-6(7(13)4-5)8(14)9(10,11)12/h2-4,8,13-14H,1H3/t8-/m1/s1. The largest absolute Gasteiger partial charge is 0.508 e. The summed E-state index contributed by atoms with van der Waals surface area (Å²) in [6.45, 7) is 1.63. The Morgan fingerprint density at radius 3 is 2.29 bits per heavy atom. The lowest BCUT2D eigenvalue weighted by Crippen LogP contribution is -2.20. The number of aromatic hydroxyl groups is 1.